The number of para-hydroxylation sites is 1. The summed E-state index contributed by atoms with van der Waals surface area (Å²) in [6, 6.07) is 23.3. The van der Waals surface area contributed by atoms with Crippen LogP contribution in [-0.4, -0.2) is 24.0 Å². The minimum atomic E-state index is -0.395. The summed E-state index contributed by atoms with van der Waals surface area (Å²) < 4.78 is 10.9. The van der Waals surface area contributed by atoms with Gasteiger partial charge < -0.3 is 20.1 Å². The van der Waals surface area contributed by atoms with Gasteiger partial charge in [-0.1, -0.05) is 18.2 Å². The lowest BCUT2D eigenvalue weighted by atomic mass is 10.2. The zero-order chi connectivity index (χ0) is 24.5. The number of nitrogens with zero attached hydrogens (tertiary/aromatic N) is 1. The number of amides is 3. The Bertz CT molecular complexity index is 1260. The Kier molecular flexibility index (Phi) is 7.92. The maximum atomic E-state index is 12.3. The molecule has 3 aromatic carbocycles. The van der Waals surface area contributed by atoms with Gasteiger partial charge in [0.25, 0.3) is 0 Å². The van der Waals surface area contributed by atoms with Crippen LogP contribution in [-0.2, 0) is 11.2 Å². The maximum Gasteiger partial charge on any atom is 0.325 e. The van der Waals surface area contributed by atoms with Crippen molar-refractivity contribution in [3.63, 3.8) is 0 Å². The topological polar surface area (TPSA) is 102 Å². The van der Waals surface area contributed by atoms with E-state index in [1.165, 1.54) is 11.3 Å². The molecule has 0 aliphatic carbocycles. The maximum absolute atomic E-state index is 12.3. The van der Waals surface area contributed by atoms with Crippen molar-refractivity contribution in [2.45, 2.75) is 12.8 Å². The van der Waals surface area contributed by atoms with Crippen LogP contribution in [0, 0.1) is 0 Å². The Balaban J connectivity index is 1.21. The zero-order valence-corrected chi connectivity index (χ0v) is 19.8. The molecule has 3 amide bonds. The molecule has 0 bridgehead atoms. The number of rotatable bonds is 9. The summed E-state index contributed by atoms with van der Waals surface area (Å²) in [5, 5.41) is 10.6. The second-order valence-corrected chi connectivity index (χ2v) is 8.30. The van der Waals surface area contributed by atoms with Crippen LogP contribution in [0.5, 0.6) is 17.2 Å². The number of benzene rings is 3. The molecule has 0 atom stereocenters. The van der Waals surface area contributed by atoms with E-state index < -0.39 is 6.03 Å². The number of hydrogen-bond donors (Lipinski definition) is 3. The molecule has 1 heterocycles. The van der Waals surface area contributed by atoms with E-state index in [9.17, 15) is 9.59 Å². The number of carbonyl (C=O) groups excluding carboxylic acids is 2. The van der Waals surface area contributed by atoms with Crippen LogP contribution in [0.25, 0.3) is 0 Å². The summed E-state index contributed by atoms with van der Waals surface area (Å²) in [6.07, 6.45) is 0.725. The molecule has 35 heavy (non-hydrogen) atoms. The van der Waals surface area contributed by atoms with Gasteiger partial charge in [-0.05, 0) is 67.1 Å². The molecular formula is C26H24N4O4S. The molecule has 0 saturated heterocycles. The van der Waals surface area contributed by atoms with Crippen LogP contribution >= 0.6 is 11.3 Å². The lowest BCUT2D eigenvalue weighted by molar-refractivity contribution is -0.116. The highest BCUT2D eigenvalue weighted by atomic mass is 32.1. The molecule has 9 heteroatoms. The average molecular weight is 489 g/mol. The molecule has 1 aromatic heterocycles. The SMILES string of the molecule is COc1ccc(NC(=O)Nc2nc(CCC(=O)Nc3ccc(Oc4ccccc4)cc3)cs2)cc1. The van der Waals surface area contributed by atoms with E-state index in [4.69, 9.17) is 9.47 Å². The van der Waals surface area contributed by atoms with E-state index in [1.54, 1.807) is 55.6 Å². The number of anilines is 3. The van der Waals surface area contributed by atoms with Gasteiger partial charge in [0.2, 0.25) is 5.91 Å². The predicted molar refractivity (Wildman–Crippen MR) is 138 cm³/mol. The molecule has 0 fully saturated rings. The van der Waals surface area contributed by atoms with E-state index in [0.29, 0.717) is 34.4 Å². The van der Waals surface area contributed by atoms with Gasteiger partial charge in [-0.3, -0.25) is 10.1 Å². The Morgan fingerprint density at radius 3 is 2.11 bits per heavy atom. The monoisotopic (exact) mass is 488 g/mol. The van der Waals surface area contributed by atoms with Gasteiger partial charge in [0.05, 0.1) is 12.8 Å². The largest absolute Gasteiger partial charge is 0.497 e. The molecule has 0 spiro atoms. The summed E-state index contributed by atoms with van der Waals surface area (Å²) in [5.41, 5.74) is 2.05. The van der Waals surface area contributed by atoms with Gasteiger partial charge in [0.1, 0.15) is 17.2 Å². The number of thiazole rings is 1. The highest BCUT2D eigenvalue weighted by Crippen LogP contribution is 2.23. The summed E-state index contributed by atoms with van der Waals surface area (Å²) in [6.45, 7) is 0. The first-order valence-electron chi connectivity index (χ1n) is 10.9. The third-order valence-electron chi connectivity index (χ3n) is 4.85. The lowest BCUT2D eigenvalue weighted by Gasteiger charge is -2.08. The number of aryl methyl sites for hydroxylation is 1. The highest BCUT2D eigenvalue weighted by Gasteiger charge is 2.10. The minimum absolute atomic E-state index is 0.124. The molecule has 0 aliphatic rings. The van der Waals surface area contributed by atoms with Crippen LogP contribution in [0.15, 0.2) is 84.2 Å². The number of ether oxygens (including phenoxy) is 2. The summed E-state index contributed by atoms with van der Waals surface area (Å²) >= 11 is 1.30. The number of methoxy groups -OCH3 is 1. The number of aromatic nitrogens is 1. The Hall–Kier alpha value is -4.37. The first-order valence-corrected chi connectivity index (χ1v) is 11.7. The van der Waals surface area contributed by atoms with Crippen molar-refractivity contribution < 1.29 is 19.1 Å². The lowest BCUT2D eigenvalue weighted by Crippen LogP contribution is -2.19. The summed E-state index contributed by atoms with van der Waals surface area (Å²) in [7, 11) is 1.58. The van der Waals surface area contributed by atoms with E-state index in [2.05, 4.69) is 20.9 Å². The van der Waals surface area contributed by atoms with Crippen molar-refractivity contribution in [3.8, 4) is 17.2 Å². The second-order valence-electron chi connectivity index (χ2n) is 7.44. The Labute approximate surface area is 206 Å². The van der Waals surface area contributed by atoms with Crippen LogP contribution in [0.1, 0.15) is 12.1 Å². The molecule has 4 aromatic rings. The van der Waals surface area contributed by atoms with E-state index in [1.807, 2.05) is 35.7 Å². The van der Waals surface area contributed by atoms with Crippen molar-refractivity contribution in [3.05, 3.63) is 89.9 Å². The molecule has 178 valence electrons. The zero-order valence-electron chi connectivity index (χ0n) is 19.0. The van der Waals surface area contributed by atoms with E-state index in [0.717, 1.165) is 11.4 Å². The van der Waals surface area contributed by atoms with Gasteiger partial charge in [0, 0.05) is 23.2 Å². The van der Waals surface area contributed by atoms with Crippen molar-refractivity contribution >= 4 is 39.8 Å². The highest BCUT2D eigenvalue weighted by molar-refractivity contribution is 7.13. The molecule has 0 saturated carbocycles. The number of urea groups is 1. The van der Waals surface area contributed by atoms with Crippen LogP contribution in [0.3, 0.4) is 0 Å². The Morgan fingerprint density at radius 1 is 0.800 bits per heavy atom. The minimum Gasteiger partial charge on any atom is -0.497 e. The first kappa shape index (κ1) is 23.8. The molecule has 0 unspecified atom stereocenters. The number of hydrogen-bond acceptors (Lipinski definition) is 6. The van der Waals surface area contributed by atoms with Crippen molar-refractivity contribution in [1.29, 1.82) is 0 Å². The van der Waals surface area contributed by atoms with E-state index >= 15 is 0 Å². The standard InChI is InChI=1S/C26H24N4O4S/c1-33-21-12-7-19(8-13-21)28-25(32)30-26-29-20(17-35-26)11-16-24(31)27-18-9-14-23(15-10-18)34-22-5-3-2-4-6-22/h2-10,12-15,17H,11,16H2,1H3,(H,27,31)(H2,28,29,30,32). The second kappa shape index (κ2) is 11.7. The number of nitrogens with one attached hydrogen (secondary N) is 3. The third-order valence-corrected chi connectivity index (χ3v) is 5.65. The average Bonchev–Trinajstić information content (AvgIpc) is 3.32. The molecule has 0 aliphatic heterocycles. The summed E-state index contributed by atoms with van der Waals surface area (Å²) in [4.78, 5) is 28.9. The molecule has 0 radical (unpaired) electrons. The van der Waals surface area contributed by atoms with E-state index in [-0.39, 0.29) is 12.3 Å². The fourth-order valence-electron chi connectivity index (χ4n) is 3.11. The molecule has 8 nitrogen and oxygen atoms in total. The van der Waals surface area contributed by atoms with Crippen LogP contribution in [0.2, 0.25) is 0 Å². The normalized spacial score (nSPS) is 10.3. The quantitative estimate of drug-likeness (QED) is 0.262. The Morgan fingerprint density at radius 2 is 1.43 bits per heavy atom. The van der Waals surface area contributed by atoms with Crippen molar-refractivity contribution in [2.24, 2.45) is 0 Å². The molecular weight excluding hydrogens is 464 g/mol. The van der Waals surface area contributed by atoms with Crippen LogP contribution < -0.4 is 25.4 Å². The predicted octanol–water partition coefficient (Wildman–Crippen LogP) is 6.16. The van der Waals surface area contributed by atoms with Gasteiger partial charge in [-0.2, -0.15) is 0 Å². The fourth-order valence-corrected chi connectivity index (χ4v) is 3.85. The summed E-state index contributed by atoms with van der Waals surface area (Å²) in [5.74, 6) is 2.02. The van der Waals surface area contributed by atoms with Gasteiger partial charge in [0.15, 0.2) is 5.13 Å². The number of carbonyl (C=O) groups is 2. The van der Waals surface area contributed by atoms with Crippen molar-refractivity contribution in [1.82, 2.24) is 4.98 Å². The van der Waals surface area contributed by atoms with Gasteiger partial charge in [-0.15, -0.1) is 11.3 Å². The van der Waals surface area contributed by atoms with Gasteiger partial charge in [-0.25, -0.2) is 9.78 Å². The smallest absolute Gasteiger partial charge is 0.325 e. The van der Waals surface area contributed by atoms with Crippen molar-refractivity contribution in [2.75, 3.05) is 23.1 Å². The fraction of sp³-hybridized carbons (Fsp3) is 0.115. The van der Waals surface area contributed by atoms with Crippen LogP contribution in [0.4, 0.5) is 21.3 Å². The first-order chi connectivity index (χ1) is 17.1. The third kappa shape index (κ3) is 7.31. The molecule has 3 N–H and O–H groups in total. The molecule has 4 rings (SSSR count). The van der Waals surface area contributed by atoms with Gasteiger partial charge >= 0.3 is 6.03 Å².